The van der Waals surface area contributed by atoms with Gasteiger partial charge in [0, 0.05) is 5.54 Å². The largest absolute Gasteiger partial charge is 0.0929 e. The number of benzene rings is 1. The molecule has 0 aliphatic rings. The highest BCUT2D eigenvalue weighted by Crippen LogP contribution is 2.11. The van der Waals surface area contributed by atoms with Crippen molar-refractivity contribution in [3.63, 3.8) is 0 Å². The van der Waals surface area contributed by atoms with Crippen LogP contribution in [-0.2, 0) is 6.42 Å². The Hall–Kier alpha value is -0.750. The van der Waals surface area contributed by atoms with E-state index in [9.17, 15) is 0 Å². The van der Waals surface area contributed by atoms with E-state index in [1.807, 2.05) is 18.2 Å². The first-order valence-electron chi connectivity index (χ1n) is 3.73. The van der Waals surface area contributed by atoms with E-state index in [1.54, 1.807) is 5.54 Å². The van der Waals surface area contributed by atoms with Gasteiger partial charge in [-0.3, -0.25) is 0 Å². The molecular weight excluding hydrogens is 156 g/mol. The van der Waals surface area contributed by atoms with E-state index < -0.39 is 0 Å². The molecule has 1 rings (SSSR count). The molecule has 0 saturated heterocycles. The highest BCUT2D eigenvalue weighted by atomic mass is 35.5. The summed E-state index contributed by atoms with van der Waals surface area (Å²) < 4.78 is 0. The second-order valence-corrected chi connectivity index (χ2v) is 2.60. The molecular formula is C10H11Cl. The van der Waals surface area contributed by atoms with Crippen molar-refractivity contribution in [3.05, 3.63) is 40.9 Å². The molecule has 0 N–H and O–H groups in total. The SMILES string of the molecule is CCc1ccccc1/C=C/Cl. The van der Waals surface area contributed by atoms with Crippen LogP contribution in [0.2, 0.25) is 0 Å². The maximum Gasteiger partial charge on any atom is 0.00485 e. The Balaban J connectivity index is 3.02. The Labute approximate surface area is 72.5 Å². The van der Waals surface area contributed by atoms with Crippen LogP contribution >= 0.6 is 11.6 Å². The van der Waals surface area contributed by atoms with E-state index in [1.165, 1.54) is 11.1 Å². The maximum absolute atomic E-state index is 5.48. The molecule has 0 unspecified atom stereocenters. The van der Waals surface area contributed by atoms with Crippen LogP contribution in [0.3, 0.4) is 0 Å². The van der Waals surface area contributed by atoms with Crippen LogP contribution in [0.1, 0.15) is 18.1 Å². The maximum atomic E-state index is 5.48. The van der Waals surface area contributed by atoms with Gasteiger partial charge in [0.15, 0.2) is 0 Å². The van der Waals surface area contributed by atoms with Crippen LogP contribution in [0, 0.1) is 0 Å². The minimum atomic E-state index is 1.05. The van der Waals surface area contributed by atoms with Gasteiger partial charge in [-0.2, -0.15) is 0 Å². The number of hydrogen-bond donors (Lipinski definition) is 0. The van der Waals surface area contributed by atoms with Gasteiger partial charge in [-0.15, -0.1) is 0 Å². The summed E-state index contributed by atoms with van der Waals surface area (Å²) in [6, 6.07) is 8.25. The zero-order chi connectivity index (χ0) is 8.10. The van der Waals surface area contributed by atoms with E-state index in [0.717, 1.165) is 6.42 Å². The number of hydrogen-bond acceptors (Lipinski definition) is 0. The fourth-order valence-electron chi connectivity index (χ4n) is 1.09. The highest BCUT2D eigenvalue weighted by molar-refractivity contribution is 6.27. The molecule has 0 bridgehead atoms. The molecule has 0 amide bonds. The first-order chi connectivity index (χ1) is 5.38. The van der Waals surface area contributed by atoms with Crippen molar-refractivity contribution in [2.45, 2.75) is 13.3 Å². The topological polar surface area (TPSA) is 0 Å². The molecule has 0 saturated carbocycles. The molecule has 0 atom stereocenters. The summed E-state index contributed by atoms with van der Waals surface area (Å²) in [7, 11) is 0. The van der Waals surface area contributed by atoms with Crippen molar-refractivity contribution in [3.8, 4) is 0 Å². The van der Waals surface area contributed by atoms with Crippen LogP contribution in [0.4, 0.5) is 0 Å². The molecule has 0 aromatic heterocycles. The van der Waals surface area contributed by atoms with Crippen molar-refractivity contribution < 1.29 is 0 Å². The highest BCUT2D eigenvalue weighted by Gasteiger charge is 1.92. The summed E-state index contributed by atoms with van der Waals surface area (Å²) in [5.74, 6) is 0. The van der Waals surface area contributed by atoms with Crippen LogP contribution in [0.25, 0.3) is 6.08 Å². The van der Waals surface area contributed by atoms with Crippen molar-refractivity contribution in [2.75, 3.05) is 0 Å². The first kappa shape index (κ1) is 8.35. The average Bonchev–Trinajstić information content (AvgIpc) is 2.06. The van der Waals surface area contributed by atoms with Gasteiger partial charge in [0.2, 0.25) is 0 Å². The third kappa shape index (κ3) is 2.09. The normalized spacial score (nSPS) is 10.7. The van der Waals surface area contributed by atoms with Crippen LogP contribution < -0.4 is 0 Å². The summed E-state index contributed by atoms with van der Waals surface area (Å²) in [4.78, 5) is 0. The number of aryl methyl sites for hydroxylation is 1. The van der Waals surface area contributed by atoms with Gasteiger partial charge in [0.05, 0.1) is 0 Å². The Morgan fingerprint density at radius 1 is 1.36 bits per heavy atom. The van der Waals surface area contributed by atoms with E-state index in [4.69, 9.17) is 11.6 Å². The van der Waals surface area contributed by atoms with Gasteiger partial charge < -0.3 is 0 Å². The van der Waals surface area contributed by atoms with Crippen LogP contribution in [0.5, 0.6) is 0 Å². The summed E-state index contributed by atoms with van der Waals surface area (Å²) in [6.45, 7) is 2.14. The van der Waals surface area contributed by atoms with E-state index in [-0.39, 0.29) is 0 Å². The molecule has 0 fully saturated rings. The third-order valence-electron chi connectivity index (χ3n) is 1.68. The number of rotatable bonds is 2. The molecule has 1 aromatic rings. The Bertz CT molecular complexity index is 251. The summed E-state index contributed by atoms with van der Waals surface area (Å²) >= 11 is 5.48. The summed E-state index contributed by atoms with van der Waals surface area (Å²) in [6.07, 6.45) is 2.97. The average molecular weight is 167 g/mol. The lowest BCUT2D eigenvalue weighted by atomic mass is 10.1. The lowest BCUT2D eigenvalue weighted by Gasteiger charge is -2.00. The Morgan fingerprint density at radius 3 is 2.73 bits per heavy atom. The first-order valence-corrected chi connectivity index (χ1v) is 4.16. The fraction of sp³-hybridized carbons (Fsp3) is 0.200. The van der Waals surface area contributed by atoms with Crippen molar-refractivity contribution in [1.29, 1.82) is 0 Å². The van der Waals surface area contributed by atoms with E-state index >= 15 is 0 Å². The van der Waals surface area contributed by atoms with Crippen molar-refractivity contribution in [2.24, 2.45) is 0 Å². The summed E-state index contributed by atoms with van der Waals surface area (Å²) in [5, 5.41) is 0. The molecule has 0 radical (unpaired) electrons. The van der Waals surface area contributed by atoms with Gasteiger partial charge in [-0.1, -0.05) is 42.8 Å². The molecule has 58 valence electrons. The molecule has 0 heterocycles. The van der Waals surface area contributed by atoms with Crippen LogP contribution in [-0.4, -0.2) is 0 Å². The van der Waals surface area contributed by atoms with Crippen molar-refractivity contribution in [1.82, 2.24) is 0 Å². The molecule has 0 nitrogen and oxygen atoms in total. The molecule has 1 heteroatoms. The number of halogens is 1. The van der Waals surface area contributed by atoms with Gasteiger partial charge in [0.1, 0.15) is 0 Å². The minimum Gasteiger partial charge on any atom is -0.0929 e. The third-order valence-corrected chi connectivity index (χ3v) is 1.80. The second-order valence-electron chi connectivity index (χ2n) is 2.35. The lowest BCUT2D eigenvalue weighted by molar-refractivity contribution is 1.13. The minimum absolute atomic E-state index is 1.05. The fourth-order valence-corrected chi connectivity index (χ4v) is 1.22. The van der Waals surface area contributed by atoms with Gasteiger partial charge in [-0.25, -0.2) is 0 Å². The molecule has 0 aliphatic carbocycles. The van der Waals surface area contributed by atoms with Gasteiger partial charge in [0.25, 0.3) is 0 Å². The molecule has 11 heavy (non-hydrogen) atoms. The molecule has 0 spiro atoms. The predicted molar refractivity (Wildman–Crippen MR) is 50.7 cm³/mol. The van der Waals surface area contributed by atoms with Crippen LogP contribution in [0.15, 0.2) is 29.8 Å². The zero-order valence-electron chi connectivity index (χ0n) is 6.55. The quantitative estimate of drug-likeness (QED) is 0.631. The summed E-state index contributed by atoms with van der Waals surface area (Å²) in [5.41, 5.74) is 4.10. The van der Waals surface area contributed by atoms with Gasteiger partial charge >= 0.3 is 0 Å². The molecule has 0 aliphatic heterocycles. The van der Waals surface area contributed by atoms with E-state index in [0.29, 0.717) is 0 Å². The van der Waals surface area contributed by atoms with Gasteiger partial charge in [-0.05, 0) is 23.6 Å². The zero-order valence-corrected chi connectivity index (χ0v) is 7.31. The Kier molecular flexibility index (Phi) is 3.18. The van der Waals surface area contributed by atoms with E-state index in [2.05, 4.69) is 19.1 Å². The Morgan fingerprint density at radius 2 is 2.09 bits per heavy atom. The van der Waals surface area contributed by atoms with Crippen molar-refractivity contribution >= 4 is 17.7 Å². The second kappa shape index (κ2) is 4.20. The monoisotopic (exact) mass is 166 g/mol. The molecule has 1 aromatic carbocycles. The standard InChI is InChI=1S/C10H11Cl/c1-2-9-5-3-4-6-10(9)7-8-11/h3-8H,2H2,1H3/b8-7+. The smallest absolute Gasteiger partial charge is 0.00485 e. The lowest BCUT2D eigenvalue weighted by Crippen LogP contribution is -1.83. The predicted octanol–water partition coefficient (Wildman–Crippen LogP) is 3.46.